The molecule has 2 aromatic carbocycles. The molecule has 2 aromatic rings. The molecule has 4 nitrogen and oxygen atoms in total. The Hall–Kier alpha value is -2.62. The lowest BCUT2D eigenvalue weighted by molar-refractivity contribution is -0.160. The van der Waals surface area contributed by atoms with Crippen LogP contribution in [0.3, 0.4) is 0 Å². The van der Waals surface area contributed by atoms with Gasteiger partial charge in [-0.05, 0) is 45.4 Å². The second-order valence-corrected chi connectivity index (χ2v) is 7.05. The highest BCUT2D eigenvalue weighted by Gasteiger charge is 2.31. The number of hydrogen-bond donors (Lipinski definition) is 1. The first-order valence-corrected chi connectivity index (χ1v) is 8.41. The third-order valence-corrected chi connectivity index (χ3v) is 3.76. The van der Waals surface area contributed by atoms with Crippen molar-refractivity contribution in [3.05, 3.63) is 71.8 Å². The maximum Gasteiger partial charge on any atom is 0.311 e. The number of carbonyl (C=O) groups is 2. The van der Waals surface area contributed by atoms with Crippen molar-refractivity contribution in [2.24, 2.45) is 5.92 Å². The average molecular weight is 339 g/mol. The number of ether oxygens (including phenoxy) is 1. The highest BCUT2D eigenvalue weighted by Crippen LogP contribution is 2.25. The molecule has 0 spiro atoms. The predicted molar refractivity (Wildman–Crippen MR) is 98.1 cm³/mol. The Balaban J connectivity index is 2.25. The van der Waals surface area contributed by atoms with Crippen molar-refractivity contribution in [1.82, 2.24) is 5.32 Å². The topological polar surface area (TPSA) is 55.4 Å². The average Bonchev–Trinajstić information content (AvgIpc) is 2.59. The van der Waals surface area contributed by atoms with Crippen LogP contribution in [-0.4, -0.2) is 17.5 Å². The molecule has 0 aliphatic heterocycles. The SMILES string of the molecule is C[C@@H](C(=O)OC(C)(C)C)[C@H](NC(=O)c1ccccc1)c1ccccc1. The fraction of sp³-hybridized carbons (Fsp3) is 0.333. The molecular formula is C21H25NO3. The molecule has 0 aliphatic rings. The summed E-state index contributed by atoms with van der Waals surface area (Å²) in [6.45, 7) is 7.27. The molecule has 0 saturated heterocycles. The van der Waals surface area contributed by atoms with Crippen LogP contribution in [0.15, 0.2) is 60.7 Å². The Morgan fingerprint density at radius 2 is 1.44 bits per heavy atom. The minimum Gasteiger partial charge on any atom is -0.460 e. The summed E-state index contributed by atoms with van der Waals surface area (Å²) in [5.74, 6) is -1.08. The largest absolute Gasteiger partial charge is 0.460 e. The van der Waals surface area contributed by atoms with E-state index in [-0.39, 0.29) is 11.9 Å². The first-order valence-electron chi connectivity index (χ1n) is 8.41. The van der Waals surface area contributed by atoms with Crippen molar-refractivity contribution in [2.45, 2.75) is 39.3 Å². The second-order valence-electron chi connectivity index (χ2n) is 7.05. The van der Waals surface area contributed by atoms with Gasteiger partial charge in [0.05, 0.1) is 12.0 Å². The Morgan fingerprint density at radius 3 is 1.96 bits per heavy atom. The van der Waals surface area contributed by atoms with Gasteiger partial charge in [0.25, 0.3) is 5.91 Å². The van der Waals surface area contributed by atoms with Crippen molar-refractivity contribution >= 4 is 11.9 Å². The number of esters is 1. The lowest BCUT2D eigenvalue weighted by Gasteiger charge is -2.28. The van der Waals surface area contributed by atoms with Gasteiger partial charge in [0.15, 0.2) is 0 Å². The minimum atomic E-state index is -0.573. The van der Waals surface area contributed by atoms with Crippen LogP contribution in [0, 0.1) is 5.92 Å². The zero-order chi connectivity index (χ0) is 18.4. The van der Waals surface area contributed by atoms with E-state index < -0.39 is 17.6 Å². The Labute approximate surface area is 149 Å². The molecule has 1 N–H and O–H groups in total. The molecule has 0 unspecified atom stereocenters. The van der Waals surface area contributed by atoms with Crippen LogP contribution >= 0.6 is 0 Å². The molecule has 0 aromatic heterocycles. The van der Waals surface area contributed by atoms with E-state index in [1.807, 2.05) is 69.3 Å². The minimum absolute atomic E-state index is 0.218. The fourth-order valence-electron chi connectivity index (χ4n) is 2.50. The Kier molecular flexibility index (Phi) is 5.97. The third kappa shape index (κ3) is 5.45. The van der Waals surface area contributed by atoms with Crippen molar-refractivity contribution in [1.29, 1.82) is 0 Å². The van der Waals surface area contributed by atoms with Gasteiger partial charge in [-0.1, -0.05) is 48.5 Å². The number of amides is 1. The summed E-state index contributed by atoms with van der Waals surface area (Å²) in [5, 5.41) is 2.98. The maximum absolute atomic E-state index is 12.6. The number of carbonyl (C=O) groups excluding carboxylic acids is 2. The number of hydrogen-bond acceptors (Lipinski definition) is 3. The van der Waals surface area contributed by atoms with E-state index in [9.17, 15) is 9.59 Å². The van der Waals surface area contributed by atoms with E-state index in [1.165, 1.54) is 0 Å². The molecule has 4 heteroatoms. The summed E-state index contributed by atoms with van der Waals surface area (Å²) < 4.78 is 5.50. The lowest BCUT2D eigenvalue weighted by atomic mass is 9.93. The van der Waals surface area contributed by atoms with Crippen LogP contribution in [0.4, 0.5) is 0 Å². The van der Waals surface area contributed by atoms with Crippen molar-refractivity contribution in [2.75, 3.05) is 0 Å². The summed E-state index contributed by atoms with van der Waals surface area (Å²) in [6, 6.07) is 18.0. The zero-order valence-electron chi connectivity index (χ0n) is 15.2. The molecule has 25 heavy (non-hydrogen) atoms. The fourth-order valence-corrected chi connectivity index (χ4v) is 2.50. The van der Waals surface area contributed by atoms with Gasteiger partial charge in [-0.25, -0.2) is 0 Å². The van der Waals surface area contributed by atoms with E-state index in [1.54, 1.807) is 19.1 Å². The number of nitrogens with one attached hydrogen (secondary N) is 1. The predicted octanol–water partition coefficient (Wildman–Crippen LogP) is 4.14. The van der Waals surface area contributed by atoms with Crippen LogP contribution in [0.1, 0.15) is 49.7 Å². The van der Waals surface area contributed by atoms with E-state index in [0.717, 1.165) is 5.56 Å². The van der Waals surface area contributed by atoms with Crippen LogP contribution < -0.4 is 5.32 Å². The van der Waals surface area contributed by atoms with Gasteiger partial charge in [-0.15, -0.1) is 0 Å². The molecule has 132 valence electrons. The van der Waals surface area contributed by atoms with Crippen LogP contribution in [-0.2, 0) is 9.53 Å². The first kappa shape index (κ1) is 18.7. The van der Waals surface area contributed by atoms with Gasteiger partial charge >= 0.3 is 5.97 Å². The monoisotopic (exact) mass is 339 g/mol. The Morgan fingerprint density at radius 1 is 0.920 bits per heavy atom. The number of rotatable bonds is 5. The van der Waals surface area contributed by atoms with E-state index in [4.69, 9.17) is 4.74 Å². The highest BCUT2D eigenvalue weighted by molar-refractivity contribution is 5.94. The molecule has 2 rings (SSSR count). The van der Waals surface area contributed by atoms with E-state index in [2.05, 4.69) is 5.32 Å². The molecule has 0 fully saturated rings. The summed E-state index contributed by atoms with van der Waals surface area (Å²) in [6.07, 6.45) is 0. The summed E-state index contributed by atoms with van der Waals surface area (Å²) >= 11 is 0. The van der Waals surface area contributed by atoms with Crippen molar-refractivity contribution < 1.29 is 14.3 Å². The third-order valence-electron chi connectivity index (χ3n) is 3.76. The van der Waals surface area contributed by atoms with Gasteiger partial charge in [0, 0.05) is 5.56 Å². The molecule has 0 saturated carbocycles. The van der Waals surface area contributed by atoms with Crippen LogP contribution in [0.25, 0.3) is 0 Å². The summed E-state index contributed by atoms with van der Waals surface area (Å²) in [5.41, 5.74) is 0.848. The maximum atomic E-state index is 12.6. The van der Waals surface area contributed by atoms with Gasteiger partial charge in [0.2, 0.25) is 0 Å². The second kappa shape index (κ2) is 7.97. The van der Waals surface area contributed by atoms with Gasteiger partial charge in [0.1, 0.15) is 5.60 Å². The summed E-state index contributed by atoms with van der Waals surface area (Å²) in [4.78, 5) is 25.1. The molecule has 2 atom stereocenters. The van der Waals surface area contributed by atoms with Crippen molar-refractivity contribution in [3.8, 4) is 0 Å². The van der Waals surface area contributed by atoms with Gasteiger partial charge in [-0.3, -0.25) is 9.59 Å². The normalized spacial score (nSPS) is 13.6. The lowest BCUT2D eigenvalue weighted by Crippen LogP contribution is -2.38. The quantitative estimate of drug-likeness (QED) is 0.833. The highest BCUT2D eigenvalue weighted by atomic mass is 16.6. The van der Waals surface area contributed by atoms with Gasteiger partial charge in [-0.2, -0.15) is 0 Å². The van der Waals surface area contributed by atoms with E-state index >= 15 is 0 Å². The van der Waals surface area contributed by atoms with Crippen molar-refractivity contribution in [3.63, 3.8) is 0 Å². The Bertz CT molecular complexity index is 705. The first-order chi connectivity index (χ1) is 11.8. The molecular weight excluding hydrogens is 314 g/mol. The standard InChI is InChI=1S/C21H25NO3/c1-15(20(24)25-21(2,3)4)18(16-11-7-5-8-12-16)22-19(23)17-13-9-6-10-14-17/h5-15,18H,1-4H3,(H,22,23)/t15-,18+/m1/s1. The number of benzene rings is 2. The molecule has 0 radical (unpaired) electrons. The van der Waals surface area contributed by atoms with E-state index in [0.29, 0.717) is 5.56 Å². The summed E-state index contributed by atoms with van der Waals surface area (Å²) in [7, 11) is 0. The molecule has 0 bridgehead atoms. The molecule has 0 aliphatic carbocycles. The molecule has 1 amide bonds. The zero-order valence-corrected chi connectivity index (χ0v) is 15.2. The van der Waals surface area contributed by atoms with Gasteiger partial charge < -0.3 is 10.1 Å². The van der Waals surface area contributed by atoms with Crippen LogP contribution in [0.5, 0.6) is 0 Å². The smallest absolute Gasteiger partial charge is 0.311 e. The molecule has 0 heterocycles. The van der Waals surface area contributed by atoms with Crippen LogP contribution in [0.2, 0.25) is 0 Å².